The van der Waals surface area contributed by atoms with Crippen molar-refractivity contribution in [1.29, 1.82) is 0 Å². The molecular weight excluding hydrogens is 372 g/mol. The Morgan fingerprint density at radius 2 is 2.07 bits per heavy atom. The fourth-order valence-electron chi connectivity index (χ4n) is 4.30. The second kappa shape index (κ2) is 5.79. The van der Waals surface area contributed by atoms with Crippen molar-refractivity contribution >= 4 is 22.7 Å². The summed E-state index contributed by atoms with van der Waals surface area (Å²) < 4.78 is 27.2. The first-order valence-electron chi connectivity index (χ1n) is 8.82. The number of methoxy groups -OCH3 is 1. The molecular formula is C19H16O9. The van der Waals surface area contributed by atoms with Crippen LogP contribution in [-0.2, 0) is 20.7 Å². The van der Waals surface area contributed by atoms with E-state index in [0.717, 1.165) is 0 Å². The van der Waals surface area contributed by atoms with Gasteiger partial charge in [-0.15, -0.1) is 0 Å². The van der Waals surface area contributed by atoms with Crippen LogP contribution in [0, 0.1) is 0 Å². The summed E-state index contributed by atoms with van der Waals surface area (Å²) in [6.45, 7) is 1.21. The molecule has 9 heteroatoms. The van der Waals surface area contributed by atoms with Crippen molar-refractivity contribution in [3.05, 3.63) is 33.2 Å². The Bertz CT molecular complexity index is 1100. The topological polar surface area (TPSA) is 122 Å². The van der Waals surface area contributed by atoms with Crippen LogP contribution in [0.2, 0.25) is 0 Å². The average Bonchev–Trinajstić information content (AvgIpc) is 3.28. The second-order valence-electron chi connectivity index (χ2n) is 6.98. The Morgan fingerprint density at radius 1 is 1.29 bits per heavy atom. The maximum atomic E-state index is 12.5. The number of ketones is 1. The van der Waals surface area contributed by atoms with Crippen LogP contribution < -0.4 is 15.1 Å². The van der Waals surface area contributed by atoms with Crippen LogP contribution in [0.4, 0.5) is 0 Å². The van der Waals surface area contributed by atoms with Gasteiger partial charge >= 0.3 is 11.6 Å². The summed E-state index contributed by atoms with van der Waals surface area (Å²) in [5.74, 6) is -0.860. The SMILES string of the molecule is COc1cc2c(c3oc(=O)c4c(c13)CCC4=O)C1C(O2)OC(OC(C)=O)C1O. The molecule has 0 bridgehead atoms. The average molecular weight is 388 g/mol. The number of aliphatic hydroxyl groups excluding tert-OH is 1. The number of esters is 1. The zero-order valence-corrected chi connectivity index (χ0v) is 15.0. The number of benzene rings is 1. The first kappa shape index (κ1) is 17.2. The van der Waals surface area contributed by atoms with E-state index >= 15 is 0 Å². The predicted octanol–water partition coefficient (Wildman–Crippen LogP) is 1.01. The highest BCUT2D eigenvalue weighted by atomic mass is 16.8. The summed E-state index contributed by atoms with van der Waals surface area (Å²) in [6, 6.07) is 1.62. The van der Waals surface area contributed by atoms with E-state index in [-0.39, 0.29) is 23.4 Å². The normalized spacial score (nSPS) is 27.3. The van der Waals surface area contributed by atoms with Crippen LogP contribution in [0.3, 0.4) is 0 Å². The van der Waals surface area contributed by atoms with E-state index < -0.39 is 36.2 Å². The standard InChI is InChI=1S/C19H16O9/c1-6(20)25-19-15(22)14-13-10(26-18(14)28-19)5-9(24-2)12-7-3-4-8(21)11(7)17(23)27-16(12)13/h5,14-15,18-19,22H,3-4H2,1-2H3. The third-order valence-corrected chi connectivity index (χ3v) is 5.42. The maximum Gasteiger partial charge on any atom is 0.347 e. The van der Waals surface area contributed by atoms with E-state index in [1.165, 1.54) is 14.0 Å². The van der Waals surface area contributed by atoms with E-state index in [2.05, 4.69) is 0 Å². The molecule has 0 spiro atoms. The van der Waals surface area contributed by atoms with Crippen LogP contribution in [0.25, 0.3) is 11.0 Å². The number of hydrogen-bond donors (Lipinski definition) is 1. The van der Waals surface area contributed by atoms with Gasteiger partial charge in [-0.1, -0.05) is 0 Å². The third kappa shape index (κ3) is 2.17. The van der Waals surface area contributed by atoms with E-state index in [0.29, 0.717) is 34.4 Å². The lowest BCUT2D eigenvalue weighted by Crippen LogP contribution is -2.29. The fourth-order valence-corrected chi connectivity index (χ4v) is 4.30. The van der Waals surface area contributed by atoms with Crippen LogP contribution in [0.15, 0.2) is 15.3 Å². The van der Waals surface area contributed by atoms with E-state index in [4.69, 9.17) is 23.4 Å². The van der Waals surface area contributed by atoms with Gasteiger partial charge in [-0.25, -0.2) is 4.79 Å². The van der Waals surface area contributed by atoms with Gasteiger partial charge in [0.1, 0.15) is 28.7 Å². The molecule has 3 heterocycles. The monoisotopic (exact) mass is 388 g/mol. The van der Waals surface area contributed by atoms with Crippen molar-refractivity contribution in [2.75, 3.05) is 7.11 Å². The first-order valence-corrected chi connectivity index (χ1v) is 8.82. The number of ether oxygens (including phenoxy) is 4. The number of Topliss-reactive ketones (excluding diaryl/α,β-unsaturated/α-hetero) is 1. The van der Waals surface area contributed by atoms with E-state index in [1.807, 2.05) is 0 Å². The van der Waals surface area contributed by atoms with Crippen molar-refractivity contribution in [3.8, 4) is 11.5 Å². The zero-order valence-electron chi connectivity index (χ0n) is 15.0. The molecule has 3 aliphatic rings. The van der Waals surface area contributed by atoms with Gasteiger partial charge in [0.25, 0.3) is 0 Å². The molecule has 2 aliphatic heterocycles. The molecule has 1 aromatic carbocycles. The van der Waals surface area contributed by atoms with E-state index in [1.54, 1.807) is 6.07 Å². The lowest BCUT2D eigenvalue weighted by Gasteiger charge is -2.18. The quantitative estimate of drug-likeness (QED) is 0.593. The Balaban J connectivity index is 1.75. The fraction of sp³-hybridized carbons (Fsp3) is 0.421. The van der Waals surface area contributed by atoms with Gasteiger partial charge in [0.05, 0.1) is 24.0 Å². The van der Waals surface area contributed by atoms with E-state index in [9.17, 15) is 19.5 Å². The molecule has 1 aromatic heterocycles. The highest BCUT2D eigenvalue weighted by Gasteiger charge is 2.54. The molecule has 0 saturated carbocycles. The molecule has 1 N–H and O–H groups in total. The predicted molar refractivity (Wildman–Crippen MR) is 91.5 cm³/mol. The minimum atomic E-state index is -1.22. The Kier molecular flexibility index (Phi) is 3.56. The molecule has 9 nitrogen and oxygen atoms in total. The van der Waals surface area contributed by atoms with Gasteiger partial charge in [0.15, 0.2) is 5.78 Å². The van der Waals surface area contributed by atoms with Crippen LogP contribution in [-0.4, -0.2) is 42.7 Å². The number of aliphatic hydroxyl groups is 1. The lowest BCUT2D eigenvalue weighted by atomic mass is 9.92. The van der Waals surface area contributed by atoms with Gasteiger partial charge in [-0.3, -0.25) is 14.3 Å². The molecule has 4 unspecified atom stereocenters. The van der Waals surface area contributed by atoms with Crippen molar-refractivity contribution in [3.63, 3.8) is 0 Å². The minimum absolute atomic E-state index is 0.0437. The molecule has 0 amide bonds. The molecule has 0 radical (unpaired) electrons. The third-order valence-electron chi connectivity index (χ3n) is 5.42. The lowest BCUT2D eigenvalue weighted by molar-refractivity contribution is -0.200. The van der Waals surface area contributed by atoms with Crippen molar-refractivity contribution < 1.29 is 38.1 Å². The van der Waals surface area contributed by atoms with Gasteiger partial charge in [0, 0.05) is 19.4 Å². The maximum absolute atomic E-state index is 12.5. The highest BCUT2D eigenvalue weighted by molar-refractivity contribution is 6.06. The Hall–Kier alpha value is -2.91. The number of carbonyl (C=O) groups is 2. The van der Waals surface area contributed by atoms with Crippen molar-refractivity contribution in [2.45, 2.75) is 44.4 Å². The largest absolute Gasteiger partial charge is 0.496 e. The molecule has 4 atom stereocenters. The molecule has 5 rings (SSSR count). The molecule has 1 aliphatic carbocycles. The zero-order chi connectivity index (χ0) is 19.7. The summed E-state index contributed by atoms with van der Waals surface area (Å²) in [7, 11) is 1.47. The minimum Gasteiger partial charge on any atom is -0.496 e. The van der Waals surface area contributed by atoms with Gasteiger partial charge in [-0.2, -0.15) is 0 Å². The Morgan fingerprint density at radius 3 is 2.79 bits per heavy atom. The van der Waals surface area contributed by atoms with Crippen LogP contribution in [0.1, 0.15) is 40.7 Å². The molecule has 2 aromatic rings. The number of fused-ring (bicyclic) bond motifs is 7. The number of rotatable bonds is 2. The highest BCUT2D eigenvalue weighted by Crippen LogP contribution is 2.52. The summed E-state index contributed by atoms with van der Waals surface area (Å²) in [5, 5.41) is 11.2. The summed E-state index contributed by atoms with van der Waals surface area (Å²) >= 11 is 0. The summed E-state index contributed by atoms with van der Waals surface area (Å²) in [4.78, 5) is 35.8. The molecule has 146 valence electrons. The summed E-state index contributed by atoms with van der Waals surface area (Å²) in [6.07, 6.45) is -2.70. The van der Waals surface area contributed by atoms with Crippen LogP contribution >= 0.6 is 0 Å². The number of hydrogen-bond acceptors (Lipinski definition) is 9. The van der Waals surface area contributed by atoms with Gasteiger partial charge in [-0.05, 0) is 12.0 Å². The van der Waals surface area contributed by atoms with Gasteiger partial charge in [0.2, 0.25) is 12.6 Å². The summed E-state index contributed by atoms with van der Waals surface area (Å²) in [5.41, 5.74) is 0.508. The first-order chi connectivity index (χ1) is 13.4. The number of aryl methyl sites for hydroxylation is 1. The smallest absolute Gasteiger partial charge is 0.347 e. The Labute approximate surface area is 157 Å². The second-order valence-corrected chi connectivity index (χ2v) is 6.98. The number of carbonyl (C=O) groups excluding carboxylic acids is 2. The van der Waals surface area contributed by atoms with Gasteiger partial charge < -0.3 is 23.7 Å². The van der Waals surface area contributed by atoms with Crippen molar-refractivity contribution in [2.24, 2.45) is 0 Å². The van der Waals surface area contributed by atoms with Crippen molar-refractivity contribution in [1.82, 2.24) is 0 Å². The molecule has 28 heavy (non-hydrogen) atoms. The van der Waals surface area contributed by atoms with Crippen LogP contribution in [0.5, 0.6) is 11.5 Å². The molecule has 1 fully saturated rings. The molecule has 1 saturated heterocycles.